The Hall–Kier alpha value is -1.02. The minimum atomic E-state index is 0.171. The summed E-state index contributed by atoms with van der Waals surface area (Å²) in [5.74, 6) is 0. The lowest BCUT2D eigenvalue weighted by molar-refractivity contribution is 0.424. The summed E-state index contributed by atoms with van der Waals surface area (Å²) < 4.78 is 0. The van der Waals surface area contributed by atoms with Crippen LogP contribution in [0.2, 0.25) is 0 Å². The first-order valence-electron chi connectivity index (χ1n) is 7.47. The molecule has 2 heteroatoms. The first-order valence-corrected chi connectivity index (χ1v) is 7.47. The highest BCUT2D eigenvalue weighted by atomic mass is 15.1. The van der Waals surface area contributed by atoms with Crippen LogP contribution in [0.1, 0.15) is 52.2 Å². The molecule has 0 saturated carbocycles. The SMILES string of the molecule is CCCN(CC)c1ccc(CNC(C)(C)C)cc1C. The van der Waals surface area contributed by atoms with E-state index in [0.29, 0.717) is 0 Å². The van der Waals surface area contributed by atoms with Crippen LogP contribution >= 0.6 is 0 Å². The second-order valence-corrected chi connectivity index (χ2v) is 6.30. The normalized spacial score (nSPS) is 11.7. The zero-order valence-electron chi connectivity index (χ0n) is 13.5. The van der Waals surface area contributed by atoms with Crippen molar-refractivity contribution in [2.75, 3.05) is 18.0 Å². The van der Waals surface area contributed by atoms with Crippen molar-refractivity contribution in [3.8, 4) is 0 Å². The van der Waals surface area contributed by atoms with Gasteiger partial charge in [-0.05, 0) is 58.2 Å². The van der Waals surface area contributed by atoms with Gasteiger partial charge in [0.25, 0.3) is 0 Å². The molecule has 0 unspecified atom stereocenters. The molecule has 0 spiro atoms. The number of rotatable bonds is 6. The number of hydrogen-bond acceptors (Lipinski definition) is 2. The molecule has 1 N–H and O–H groups in total. The van der Waals surface area contributed by atoms with E-state index in [4.69, 9.17) is 0 Å². The molecule has 0 atom stereocenters. The van der Waals surface area contributed by atoms with Crippen molar-refractivity contribution in [2.24, 2.45) is 0 Å². The minimum Gasteiger partial charge on any atom is -0.372 e. The number of nitrogens with one attached hydrogen (secondary N) is 1. The lowest BCUT2D eigenvalue weighted by Crippen LogP contribution is -2.35. The fourth-order valence-corrected chi connectivity index (χ4v) is 2.27. The minimum absolute atomic E-state index is 0.171. The Labute approximate surface area is 119 Å². The number of anilines is 1. The fraction of sp³-hybridized carbons (Fsp3) is 0.647. The second-order valence-electron chi connectivity index (χ2n) is 6.30. The van der Waals surface area contributed by atoms with E-state index in [2.05, 4.69) is 70.0 Å². The van der Waals surface area contributed by atoms with Gasteiger partial charge in [0, 0.05) is 30.9 Å². The molecule has 108 valence electrons. The maximum atomic E-state index is 3.54. The van der Waals surface area contributed by atoms with Gasteiger partial charge in [-0.3, -0.25) is 0 Å². The average molecular weight is 262 g/mol. The Morgan fingerprint density at radius 3 is 2.32 bits per heavy atom. The molecule has 0 saturated heterocycles. The van der Waals surface area contributed by atoms with Gasteiger partial charge in [-0.1, -0.05) is 19.1 Å². The molecule has 1 aromatic carbocycles. The topological polar surface area (TPSA) is 15.3 Å². The third-order valence-corrected chi connectivity index (χ3v) is 3.30. The first-order chi connectivity index (χ1) is 8.87. The van der Waals surface area contributed by atoms with Crippen molar-refractivity contribution < 1.29 is 0 Å². The zero-order chi connectivity index (χ0) is 14.5. The Morgan fingerprint density at radius 1 is 1.16 bits per heavy atom. The largest absolute Gasteiger partial charge is 0.372 e. The predicted molar refractivity (Wildman–Crippen MR) is 85.9 cm³/mol. The van der Waals surface area contributed by atoms with Gasteiger partial charge in [0.05, 0.1) is 0 Å². The van der Waals surface area contributed by atoms with Crippen LogP contribution in [0, 0.1) is 6.92 Å². The highest BCUT2D eigenvalue weighted by molar-refractivity contribution is 5.54. The van der Waals surface area contributed by atoms with Gasteiger partial charge in [0.1, 0.15) is 0 Å². The number of benzene rings is 1. The van der Waals surface area contributed by atoms with Crippen LogP contribution in [0.4, 0.5) is 5.69 Å². The lowest BCUT2D eigenvalue weighted by Gasteiger charge is -2.25. The summed E-state index contributed by atoms with van der Waals surface area (Å²) >= 11 is 0. The van der Waals surface area contributed by atoms with E-state index in [0.717, 1.165) is 19.6 Å². The molecule has 1 aromatic rings. The Kier molecular flexibility index (Phi) is 5.86. The van der Waals surface area contributed by atoms with Gasteiger partial charge >= 0.3 is 0 Å². The van der Waals surface area contributed by atoms with Crippen molar-refractivity contribution in [3.63, 3.8) is 0 Å². The molecule has 0 aliphatic carbocycles. The Balaban J connectivity index is 2.79. The molecular formula is C17H30N2. The summed E-state index contributed by atoms with van der Waals surface area (Å²) in [5.41, 5.74) is 4.29. The molecule has 0 heterocycles. The summed E-state index contributed by atoms with van der Waals surface area (Å²) in [4.78, 5) is 2.45. The highest BCUT2D eigenvalue weighted by Crippen LogP contribution is 2.21. The molecule has 2 nitrogen and oxygen atoms in total. The second kappa shape index (κ2) is 6.95. The Morgan fingerprint density at radius 2 is 1.84 bits per heavy atom. The predicted octanol–water partition coefficient (Wildman–Crippen LogP) is 4.12. The van der Waals surface area contributed by atoms with E-state index >= 15 is 0 Å². The van der Waals surface area contributed by atoms with Crippen molar-refractivity contribution >= 4 is 5.69 Å². The molecule has 0 aromatic heterocycles. The summed E-state index contributed by atoms with van der Waals surface area (Å²) in [7, 11) is 0. The van der Waals surface area contributed by atoms with Crippen LogP contribution in [0.25, 0.3) is 0 Å². The van der Waals surface area contributed by atoms with Gasteiger partial charge in [-0.15, -0.1) is 0 Å². The van der Waals surface area contributed by atoms with Crippen LogP contribution in [0.3, 0.4) is 0 Å². The third-order valence-electron chi connectivity index (χ3n) is 3.30. The summed E-state index contributed by atoms with van der Waals surface area (Å²) in [5, 5.41) is 3.54. The maximum absolute atomic E-state index is 3.54. The summed E-state index contributed by atoms with van der Waals surface area (Å²) in [6.07, 6.45) is 1.20. The third kappa shape index (κ3) is 5.23. The van der Waals surface area contributed by atoms with E-state index < -0.39 is 0 Å². The molecule has 0 amide bonds. The monoisotopic (exact) mass is 262 g/mol. The molecule has 0 radical (unpaired) electrons. The van der Waals surface area contributed by atoms with Crippen molar-refractivity contribution in [3.05, 3.63) is 29.3 Å². The number of aryl methyl sites for hydroxylation is 1. The zero-order valence-corrected chi connectivity index (χ0v) is 13.5. The fourth-order valence-electron chi connectivity index (χ4n) is 2.27. The summed E-state index contributed by atoms with van der Waals surface area (Å²) in [6.45, 7) is 16.4. The lowest BCUT2D eigenvalue weighted by atomic mass is 10.1. The molecular weight excluding hydrogens is 232 g/mol. The van der Waals surface area contributed by atoms with Crippen molar-refractivity contribution in [1.29, 1.82) is 0 Å². The molecule has 0 bridgehead atoms. The molecule has 1 rings (SSSR count). The highest BCUT2D eigenvalue weighted by Gasteiger charge is 2.10. The van der Waals surface area contributed by atoms with Crippen LogP contribution in [0.5, 0.6) is 0 Å². The quantitative estimate of drug-likeness (QED) is 0.829. The standard InChI is InChI=1S/C17H30N2/c1-7-11-19(8-2)16-10-9-15(12-14(16)3)13-18-17(4,5)6/h9-10,12,18H,7-8,11,13H2,1-6H3. The van der Waals surface area contributed by atoms with Gasteiger partial charge in [-0.25, -0.2) is 0 Å². The molecule has 0 fully saturated rings. The van der Waals surface area contributed by atoms with Gasteiger partial charge < -0.3 is 10.2 Å². The molecule has 0 aliphatic rings. The summed E-state index contributed by atoms with van der Waals surface area (Å²) in [6, 6.07) is 6.83. The van der Waals surface area contributed by atoms with Gasteiger partial charge in [0.15, 0.2) is 0 Å². The van der Waals surface area contributed by atoms with E-state index in [1.165, 1.54) is 23.2 Å². The van der Waals surface area contributed by atoms with Crippen LogP contribution < -0.4 is 10.2 Å². The number of hydrogen-bond donors (Lipinski definition) is 1. The van der Waals surface area contributed by atoms with Crippen molar-refractivity contribution in [2.45, 2.75) is 60.0 Å². The maximum Gasteiger partial charge on any atom is 0.0396 e. The first kappa shape index (κ1) is 16.0. The number of nitrogens with zero attached hydrogens (tertiary/aromatic N) is 1. The molecule has 19 heavy (non-hydrogen) atoms. The van der Waals surface area contributed by atoms with E-state index in [9.17, 15) is 0 Å². The molecule has 0 aliphatic heterocycles. The van der Waals surface area contributed by atoms with Crippen LogP contribution in [-0.4, -0.2) is 18.6 Å². The van der Waals surface area contributed by atoms with E-state index in [1.807, 2.05) is 0 Å². The van der Waals surface area contributed by atoms with Crippen LogP contribution in [-0.2, 0) is 6.54 Å². The van der Waals surface area contributed by atoms with Gasteiger partial charge in [-0.2, -0.15) is 0 Å². The van der Waals surface area contributed by atoms with Gasteiger partial charge in [0.2, 0.25) is 0 Å². The van der Waals surface area contributed by atoms with Crippen LogP contribution in [0.15, 0.2) is 18.2 Å². The average Bonchev–Trinajstić information content (AvgIpc) is 2.33. The Bertz CT molecular complexity index is 391. The van der Waals surface area contributed by atoms with Crippen molar-refractivity contribution in [1.82, 2.24) is 5.32 Å². The van der Waals surface area contributed by atoms with E-state index in [-0.39, 0.29) is 5.54 Å². The van der Waals surface area contributed by atoms with E-state index in [1.54, 1.807) is 0 Å². The smallest absolute Gasteiger partial charge is 0.0396 e.